The van der Waals surface area contributed by atoms with E-state index in [9.17, 15) is 0 Å². The van der Waals surface area contributed by atoms with Crippen molar-refractivity contribution in [3.63, 3.8) is 0 Å². The summed E-state index contributed by atoms with van der Waals surface area (Å²) in [7, 11) is 0. The monoisotopic (exact) mass is 291 g/mol. The predicted molar refractivity (Wildman–Crippen MR) is 86.3 cm³/mol. The normalized spacial score (nSPS) is 12.8. The molecular formula is C16H25N3S. The fourth-order valence-corrected chi connectivity index (χ4v) is 2.94. The molecule has 4 heteroatoms. The van der Waals surface area contributed by atoms with Gasteiger partial charge in [0.25, 0.3) is 0 Å². The maximum absolute atomic E-state index is 4.43. The number of hydrogen-bond donors (Lipinski definition) is 1. The second kappa shape index (κ2) is 5.70. The molecule has 0 saturated heterocycles. The van der Waals surface area contributed by atoms with Crippen molar-refractivity contribution in [2.75, 3.05) is 6.54 Å². The number of nitrogens with one attached hydrogen (secondary N) is 1. The molecule has 0 atom stereocenters. The molecule has 3 nitrogen and oxygen atoms in total. The minimum Gasteiger partial charge on any atom is -0.312 e. The van der Waals surface area contributed by atoms with Crippen LogP contribution in [0.3, 0.4) is 0 Å². The Morgan fingerprint density at radius 1 is 1.25 bits per heavy atom. The fraction of sp³-hybridized carbons (Fsp3) is 0.562. The van der Waals surface area contributed by atoms with E-state index < -0.39 is 0 Å². The van der Waals surface area contributed by atoms with Crippen molar-refractivity contribution in [1.29, 1.82) is 0 Å². The van der Waals surface area contributed by atoms with E-state index in [4.69, 9.17) is 0 Å². The summed E-state index contributed by atoms with van der Waals surface area (Å²) in [6.45, 7) is 12.9. The lowest BCUT2D eigenvalue weighted by atomic mass is 9.91. The molecule has 0 aliphatic rings. The molecule has 1 N–H and O–H groups in total. The first-order valence-corrected chi connectivity index (χ1v) is 7.96. The van der Waals surface area contributed by atoms with Crippen molar-refractivity contribution in [2.24, 2.45) is 0 Å². The Morgan fingerprint density at radius 2 is 2.00 bits per heavy atom. The van der Waals surface area contributed by atoms with Crippen molar-refractivity contribution < 1.29 is 0 Å². The number of thiophene rings is 1. The number of hydrogen-bond acceptors (Lipinski definition) is 3. The SMILES string of the molecule is CC(C)(CNCc1cnn(C(C)(C)C)c1)c1cccs1. The van der Waals surface area contributed by atoms with Gasteiger partial charge in [-0.05, 0) is 32.2 Å². The molecule has 0 aliphatic heterocycles. The Balaban J connectivity index is 1.89. The molecule has 0 unspecified atom stereocenters. The number of aromatic nitrogens is 2. The molecule has 110 valence electrons. The Hall–Kier alpha value is -1.13. The van der Waals surface area contributed by atoms with Crippen molar-refractivity contribution in [2.45, 2.75) is 52.1 Å². The molecule has 0 spiro atoms. The van der Waals surface area contributed by atoms with Crippen LogP contribution in [-0.4, -0.2) is 16.3 Å². The van der Waals surface area contributed by atoms with E-state index in [1.54, 1.807) is 0 Å². The molecule has 2 aromatic heterocycles. The van der Waals surface area contributed by atoms with Crippen LogP contribution in [0.1, 0.15) is 45.1 Å². The van der Waals surface area contributed by atoms with Crippen LogP contribution in [0.15, 0.2) is 29.9 Å². The van der Waals surface area contributed by atoms with Gasteiger partial charge < -0.3 is 5.32 Å². The molecule has 0 saturated carbocycles. The highest BCUT2D eigenvalue weighted by Crippen LogP contribution is 2.26. The standard InChI is InChI=1S/C16H25N3S/c1-15(2,3)19-11-13(10-18-19)9-17-12-16(4,5)14-7-6-8-20-14/h6-8,10-11,17H,9,12H2,1-5H3. The Morgan fingerprint density at radius 3 is 2.55 bits per heavy atom. The van der Waals surface area contributed by atoms with Crippen molar-refractivity contribution in [3.8, 4) is 0 Å². The van der Waals surface area contributed by atoms with E-state index in [1.165, 1.54) is 10.4 Å². The second-order valence-corrected chi connectivity index (χ2v) is 7.88. The molecule has 0 aliphatic carbocycles. The smallest absolute Gasteiger partial charge is 0.0543 e. The number of nitrogens with zero attached hydrogens (tertiary/aromatic N) is 2. The van der Waals surface area contributed by atoms with E-state index in [0.29, 0.717) is 0 Å². The molecule has 0 amide bonds. The van der Waals surface area contributed by atoms with Gasteiger partial charge >= 0.3 is 0 Å². The predicted octanol–water partition coefficient (Wildman–Crippen LogP) is 3.77. The van der Waals surface area contributed by atoms with Crippen molar-refractivity contribution in [3.05, 3.63) is 40.3 Å². The van der Waals surface area contributed by atoms with Gasteiger partial charge in [0.15, 0.2) is 0 Å². The molecule has 0 bridgehead atoms. The summed E-state index contributed by atoms with van der Waals surface area (Å²) in [5.41, 5.74) is 1.46. The maximum atomic E-state index is 4.43. The van der Waals surface area contributed by atoms with Gasteiger partial charge in [0.2, 0.25) is 0 Å². The minimum absolute atomic E-state index is 0.0501. The summed E-state index contributed by atoms with van der Waals surface area (Å²) >= 11 is 1.83. The van der Waals surface area contributed by atoms with Crippen molar-refractivity contribution in [1.82, 2.24) is 15.1 Å². The van der Waals surface area contributed by atoms with E-state index in [1.807, 2.05) is 22.2 Å². The lowest BCUT2D eigenvalue weighted by Gasteiger charge is -2.23. The van der Waals surface area contributed by atoms with Crippen LogP contribution >= 0.6 is 11.3 Å². The van der Waals surface area contributed by atoms with Crippen LogP contribution in [0.25, 0.3) is 0 Å². The van der Waals surface area contributed by atoms with Crippen LogP contribution in [0.4, 0.5) is 0 Å². The molecule has 0 fully saturated rings. The lowest BCUT2D eigenvalue weighted by Crippen LogP contribution is -2.31. The minimum atomic E-state index is 0.0501. The first-order chi connectivity index (χ1) is 9.29. The van der Waals surface area contributed by atoms with Crippen LogP contribution in [-0.2, 0) is 17.5 Å². The Bertz CT molecular complexity index is 532. The van der Waals surface area contributed by atoms with E-state index >= 15 is 0 Å². The topological polar surface area (TPSA) is 29.9 Å². The highest BCUT2D eigenvalue weighted by atomic mass is 32.1. The lowest BCUT2D eigenvalue weighted by molar-refractivity contribution is 0.355. The zero-order chi connectivity index (χ0) is 14.8. The Labute approximate surface area is 126 Å². The molecule has 0 aromatic carbocycles. The van der Waals surface area contributed by atoms with E-state index in [2.05, 4.69) is 68.7 Å². The summed E-state index contributed by atoms with van der Waals surface area (Å²) in [5, 5.41) is 10.1. The highest BCUT2D eigenvalue weighted by molar-refractivity contribution is 7.10. The molecule has 20 heavy (non-hydrogen) atoms. The quantitative estimate of drug-likeness (QED) is 0.909. The summed E-state index contributed by atoms with van der Waals surface area (Å²) < 4.78 is 2.02. The summed E-state index contributed by atoms with van der Waals surface area (Å²) in [5.74, 6) is 0. The van der Waals surface area contributed by atoms with Gasteiger partial charge in [-0.1, -0.05) is 19.9 Å². The third-order valence-electron chi connectivity index (χ3n) is 3.41. The molecule has 0 radical (unpaired) electrons. The first kappa shape index (κ1) is 15.3. The van der Waals surface area contributed by atoms with Crippen molar-refractivity contribution >= 4 is 11.3 Å². The highest BCUT2D eigenvalue weighted by Gasteiger charge is 2.21. The van der Waals surface area contributed by atoms with Gasteiger partial charge in [0, 0.05) is 35.1 Å². The average molecular weight is 291 g/mol. The largest absolute Gasteiger partial charge is 0.312 e. The fourth-order valence-electron chi connectivity index (χ4n) is 2.09. The van der Waals surface area contributed by atoms with Gasteiger partial charge in [0.05, 0.1) is 11.7 Å². The number of rotatable bonds is 5. The van der Waals surface area contributed by atoms with Gasteiger partial charge in [-0.3, -0.25) is 4.68 Å². The van der Waals surface area contributed by atoms with Gasteiger partial charge in [-0.25, -0.2) is 0 Å². The van der Waals surface area contributed by atoms with E-state index in [0.717, 1.165) is 13.1 Å². The van der Waals surface area contributed by atoms with Crippen LogP contribution in [0, 0.1) is 0 Å². The molecule has 2 heterocycles. The van der Waals surface area contributed by atoms with Gasteiger partial charge in [0.1, 0.15) is 0 Å². The summed E-state index contributed by atoms with van der Waals surface area (Å²) in [4.78, 5) is 1.43. The Kier molecular flexibility index (Phi) is 4.35. The van der Waals surface area contributed by atoms with Crippen LogP contribution in [0.2, 0.25) is 0 Å². The first-order valence-electron chi connectivity index (χ1n) is 7.08. The maximum Gasteiger partial charge on any atom is 0.0543 e. The van der Waals surface area contributed by atoms with Crippen LogP contribution < -0.4 is 5.32 Å². The third-order valence-corrected chi connectivity index (χ3v) is 4.64. The molecular weight excluding hydrogens is 266 g/mol. The second-order valence-electron chi connectivity index (χ2n) is 6.93. The average Bonchev–Trinajstić information content (AvgIpc) is 2.99. The molecule has 2 aromatic rings. The third kappa shape index (κ3) is 3.70. The molecule has 2 rings (SSSR count). The summed E-state index contributed by atoms with van der Waals surface area (Å²) in [6.07, 6.45) is 4.08. The van der Waals surface area contributed by atoms with Gasteiger partial charge in [-0.2, -0.15) is 5.10 Å². The summed E-state index contributed by atoms with van der Waals surface area (Å²) in [6, 6.07) is 4.33. The van der Waals surface area contributed by atoms with Gasteiger partial charge in [-0.15, -0.1) is 11.3 Å². The zero-order valence-electron chi connectivity index (χ0n) is 13.1. The van der Waals surface area contributed by atoms with E-state index in [-0.39, 0.29) is 11.0 Å². The zero-order valence-corrected chi connectivity index (χ0v) is 13.9. The van der Waals surface area contributed by atoms with Crippen LogP contribution in [0.5, 0.6) is 0 Å².